The van der Waals surface area contributed by atoms with Crippen molar-refractivity contribution in [3.05, 3.63) is 59.4 Å². The van der Waals surface area contributed by atoms with Crippen LogP contribution < -0.4 is 15.4 Å². The Morgan fingerprint density at radius 1 is 1.08 bits per heavy atom. The number of fused-ring (bicyclic) bond motifs is 2. The van der Waals surface area contributed by atoms with Crippen LogP contribution >= 0.6 is 0 Å². The fourth-order valence-electron chi connectivity index (χ4n) is 5.42. The number of rotatable bonds is 6. The molecule has 3 aliphatic heterocycles. The van der Waals surface area contributed by atoms with Crippen molar-refractivity contribution in [2.24, 2.45) is 5.92 Å². The van der Waals surface area contributed by atoms with E-state index in [4.69, 9.17) is 14.2 Å². The molecule has 0 bridgehead atoms. The average Bonchev–Trinajstić information content (AvgIpc) is 2.95. The van der Waals surface area contributed by atoms with E-state index in [1.807, 2.05) is 0 Å². The molecule has 39 heavy (non-hydrogen) atoms. The van der Waals surface area contributed by atoms with Gasteiger partial charge in [0.1, 0.15) is 24.3 Å². The first-order valence-electron chi connectivity index (χ1n) is 13.5. The monoisotopic (exact) mass is 539 g/mol. The van der Waals surface area contributed by atoms with E-state index in [-0.39, 0.29) is 61.2 Å². The Labute approximate surface area is 227 Å². The van der Waals surface area contributed by atoms with Crippen LogP contribution in [0.25, 0.3) is 0 Å². The molecule has 3 atom stereocenters. The average molecular weight is 540 g/mol. The van der Waals surface area contributed by atoms with Crippen LogP contribution in [0.5, 0.6) is 5.75 Å². The van der Waals surface area contributed by atoms with Gasteiger partial charge in [0.15, 0.2) is 0 Å². The third kappa shape index (κ3) is 6.39. The van der Waals surface area contributed by atoms with Crippen molar-refractivity contribution < 1.29 is 33.0 Å². The minimum atomic E-state index is -0.405. The Kier molecular flexibility index (Phi) is 8.42. The maximum atomic E-state index is 13.8. The van der Waals surface area contributed by atoms with Gasteiger partial charge in [-0.2, -0.15) is 0 Å². The van der Waals surface area contributed by atoms with Crippen LogP contribution in [0.2, 0.25) is 0 Å². The number of likely N-dealkylation sites (N-methyl/N-ethyl adjacent to an activating group) is 1. The number of amides is 3. The molecule has 0 radical (unpaired) electrons. The van der Waals surface area contributed by atoms with Crippen molar-refractivity contribution in [2.75, 3.05) is 32.2 Å². The predicted molar refractivity (Wildman–Crippen MR) is 141 cm³/mol. The number of carbonyl (C=O) groups excluding carboxylic acids is 3. The lowest BCUT2D eigenvalue weighted by molar-refractivity contribution is -0.134. The SMILES string of the molecule is CN1C(=O)c2cc(NC(=O)C3CCOCC3)ccc2OC[C@@H]2O[C@@H](CC(=O)NCc3ccccc3F)CC[C@@H]21. The maximum Gasteiger partial charge on any atom is 0.257 e. The van der Waals surface area contributed by atoms with Crippen molar-refractivity contribution >= 4 is 23.4 Å². The molecule has 0 saturated carbocycles. The van der Waals surface area contributed by atoms with E-state index in [2.05, 4.69) is 10.6 Å². The van der Waals surface area contributed by atoms with Gasteiger partial charge >= 0.3 is 0 Å². The lowest BCUT2D eigenvalue weighted by atomic mass is 9.94. The summed E-state index contributed by atoms with van der Waals surface area (Å²) in [5.41, 5.74) is 1.36. The highest BCUT2D eigenvalue weighted by molar-refractivity contribution is 6.00. The van der Waals surface area contributed by atoms with E-state index in [0.717, 1.165) is 0 Å². The summed E-state index contributed by atoms with van der Waals surface area (Å²) in [6, 6.07) is 11.2. The predicted octanol–water partition coefficient (Wildman–Crippen LogP) is 3.28. The second kappa shape index (κ2) is 12.1. The van der Waals surface area contributed by atoms with Crippen LogP contribution in [0.3, 0.4) is 0 Å². The van der Waals surface area contributed by atoms with Crippen molar-refractivity contribution in [3.63, 3.8) is 0 Å². The van der Waals surface area contributed by atoms with Crippen molar-refractivity contribution in [1.82, 2.24) is 10.2 Å². The van der Waals surface area contributed by atoms with E-state index in [1.54, 1.807) is 48.3 Å². The zero-order chi connectivity index (χ0) is 27.4. The molecule has 2 saturated heterocycles. The summed E-state index contributed by atoms with van der Waals surface area (Å²) in [6.07, 6.45) is 2.01. The highest BCUT2D eigenvalue weighted by Crippen LogP contribution is 2.33. The third-order valence-electron chi connectivity index (χ3n) is 7.72. The third-order valence-corrected chi connectivity index (χ3v) is 7.72. The smallest absolute Gasteiger partial charge is 0.257 e. The minimum absolute atomic E-state index is 0.0736. The molecule has 0 unspecified atom stereocenters. The summed E-state index contributed by atoms with van der Waals surface area (Å²) >= 11 is 0. The molecule has 0 aromatic heterocycles. The zero-order valence-electron chi connectivity index (χ0n) is 22.0. The molecule has 208 valence electrons. The van der Waals surface area contributed by atoms with Gasteiger partial charge in [-0.05, 0) is 49.9 Å². The quantitative estimate of drug-likeness (QED) is 0.584. The minimum Gasteiger partial charge on any atom is -0.490 e. The van der Waals surface area contributed by atoms with Gasteiger partial charge in [-0.1, -0.05) is 18.2 Å². The van der Waals surface area contributed by atoms with E-state index in [9.17, 15) is 18.8 Å². The second-order valence-corrected chi connectivity index (χ2v) is 10.3. The van der Waals surface area contributed by atoms with E-state index < -0.39 is 6.10 Å². The summed E-state index contributed by atoms with van der Waals surface area (Å²) in [7, 11) is 1.74. The molecule has 0 spiro atoms. The molecular formula is C29H34FN3O6. The molecule has 0 aliphatic carbocycles. The Hall–Kier alpha value is -3.50. The Morgan fingerprint density at radius 3 is 2.67 bits per heavy atom. The molecule has 10 heteroatoms. The van der Waals surface area contributed by atoms with Crippen LogP contribution in [0.1, 0.15) is 48.0 Å². The van der Waals surface area contributed by atoms with Crippen LogP contribution in [-0.2, 0) is 25.6 Å². The van der Waals surface area contributed by atoms with E-state index in [0.29, 0.717) is 61.5 Å². The largest absolute Gasteiger partial charge is 0.490 e. The highest BCUT2D eigenvalue weighted by atomic mass is 19.1. The lowest BCUT2D eigenvalue weighted by Gasteiger charge is -2.42. The number of ether oxygens (including phenoxy) is 3. The molecule has 2 aromatic rings. The maximum absolute atomic E-state index is 13.8. The summed E-state index contributed by atoms with van der Waals surface area (Å²) < 4.78 is 31.4. The summed E-state index contributed by atoms with van der Waals surface area (Å²) in [5, 5.41) is 5.69. The van der Waals surface area contributed by atoms with Gasteiger partial charge in [-0.15, -0.1) is 0 Å². The topological polar surface area (TPSA) is 106 Å². The number of hydrogen-bond acceptors (Lipinski definition) is 6. The van der Waals surface area contributed by atoms with E-state index >= 15 is 0 Å². The summed E-state index contributed by atoms with van der Waals surface area (Å²) in [5.74, 6) is -0.559. The van der Waals surface area contributed by atoms with Crippen LogP contribution in [0.4, 0.5) is 10.1 Å². The van der Waals surface area contributed by atoms with Crippen molar-refractivity contribution in [2.45, 2.75) is 56.9 Å². The molecule has 3 amide bonds. The molecule has 3 aliphatic rings. The summed E-state index contributed by atoms with van der Waals surface area (Å²) in [4.78, 5) is 40.3. The van der Waals surface area contributed by atoms with Crippen LogP contribution in [0, 0.1) is 11.7 Å². The van der Waals surface area contributed by atoms with Crippen LogP contribution in [-0.4, -0.2) is 67.7 Å². The van der Waals surface area contributed by atoms with Gasteiger partial charge in [0.2, 0.25) is 11.8 Å². The first-order valence-corrected chi connectivity index (χ1v) is 13.5. The molecule has 9 nitrogen and oxygen atoms in total. The fourth-order valence-corrected chi connectivity index (χ4v) is 5.42. The fraction of sp³-hybridized carbons (Fsp3) is 0.483. The van der Waals surface area contributed by atoms with Gasteiger partial charge in [0.25, 0.3) is 5.91 Å². The van der Waals surface area contributed by atoms with Gasteiger partial charge in [-0.25, -0.2) is 4.39 Å². The summed E-state index contributed by atoms with van der Waals surface area (Å²) in [6.45, 7) is 1.47. The normalized spacial score (nSPS) is 23.5. The van der Waals surface area contributed by atoms with Gasteiger partial charge < -0.3 is 29.7 Å². The number of benzene rings is 2. The molecule has 2 fully saturated rings. The Bertz CT molecular complexity index is 1220. The number of anilines is 1. The van der Waals surface area contributed by atoms with Gasteiger partial charge in [-0.3, -0.25) is 14.4 Å². The van der Waals surface area contributed by atoms with Gasteiger partial charge in [0, 0.05) is 44.0 Å². The van der Waals surface area contributed by atoms with E-state index in [1.165, 1.54) is 6.07 Å². The van der Waals surface area contributed by atoms with Crippen molar-refractivity contribution in [3.8, 4) is 5.75 Å². The molecule has 5 rings (SSSR count). The first-order chi connectivity index (χ1) is 18.9. The molecule has 3 heterocycles. The Balaban J connectivity index is 1.20. The lowest BCUT2D eigenvalue weighted by Crippen LogP contribution is -2.53. The molecular weight excluding hydrogens is 505 g/mol. The number of halogens is 1. The number of nitrogens with one attached hydrogen (secondary N) is 2. The number of carbonyl (C=O) groups is 3. The molecule has 2 aromatic carbocycles. The van der Waals surface area contributed by atoms with Crippen LogP contribution in [0.15, 0.2) is 42.5 Å². The number of nitrogens with zero attached hydrogens (tertiary/aromatic N) is 1. The Morgan fingerprint density at radius 2 is 1.87 bits per heavy atom. The zero-order valence-corrected chi connectivity index (χ0v) is 22.0. The van der Waals surface area contributed by atoms with Gasteiger partial charge in [0.05, 0.1) is 24.1 Å². The molecule has 2 N–H and O–H groups in total. The second-order valence-electron chi connectivity index (χ2n) is 10.3. The standard InChI is InChI=1S/C29H34FN3O6/c1-33-24-8-7-21(15-27(34)31-16-19-4-2-3-5-23(19)30)39-26(24)17-38-25-9-6-20(14-22(25)29(33)36)32-28(35)18-10-12-37-13-11-18/h2-6,9,14,18,21,24,26H,7-8,10-13,15-17H2,1H3,(H,31,34)(H,32,35)/t21-,24+,26+/m1/s1. The van der Waals surface area contributed by atoms with Crippen molar-refractivity contribution in [1.29, 1.82) is 0 Å². The number of hydrogen-bond donors (Lipinski definition) is 2. The first kappa shape index (κ1) is 27.1. The highest BCUT2D eigenvalue weighted by Gasteiger charge is 2.39.